The number of piperazine rings is 1. The van der Waals surface area contributed by atoms with E-state index in [0.29, 0.717) is 19.1 Å². The molecule has 0 aliphatic carbocycles. The summed E-state index contributed by atoms with van der Waals surface area (Å²) in [5, 5.41) is 10.4. The summed E-state index contributed by atoms with van der Waals surface area (Å²) >= 11 is 0. The van der Waals surface area contributed by atoms with Gasteiger partial charge in [-0.25, -0.2) is 0 Å². The summed E-state index contributed by atoms with van der Waals surface area (Å²) in [5.41, 5.74) is 2.43. The Balaban J connectivity index is 1.43. The largest absolute Gasteiger partial charge is 0.495 e. The molecule has 5 nitrogen and oxygen atoms in total. The Bertz CT molecular complexity index is 725. The minimum atomic E-state index is -0.498. The molecule has 0 saturated carbocycles. The van der Waals surface area contributed by atoms with Gasteiger partial charge in [-0.1, -0.05) is 38.1 Å². The molecule has 1 aliphatic rings. The van der Waals surface area contributed by atoms with Gasteiger partial charge in [-0.2, -0.15) is 0 Å². The van der Waals surface area contributed by atoms with Gasteiger partial charge in [0.1, 0.15) is 24.2 Å². The molecule has 3 rings (SSSR count). The zero-order valence-electron chi connectivity index (χ0n) is 17.2. The minimum Gasteiger partial charge on any atom is -0.495 e. The third-order valence-electron chi connectivity index (χ3n) is 5.26. The van der Waals surface area contributed by atoms with Crippen LogP contribution in [-0.4, -0.2) is 62.6 Å². The molecule has 1 atom stereocenters. The van der Waals surface area contributed by atoms with Gasteiger partial charge in [-0.15, -0.1) is 0 Å². The number of aliphatic hydroxyl groups is 1. The maximum absolute atomic E-state index is 10.4. The maximum atomic E-state index is 10.4. The highest BCUT2D eigenvalue weighted by molar-refractivity contribution is 5.58. The highest BCUT2D eigenvalue weighted by atomic mass is 16.5. The second-order valence-corrected chi connectivity index (χ2v) is 7.65. The highest BCUT2D eigenvalue weighted by Crippen LogP contribution is 2.28. The van der Waals surface area contributed by atoms with Crippen LogP contribution in [0.2, 0.25) is 0 Å². The number of anilines is 1. The number of benzene rings is 2. The van der Waals surface area contributed by atoms with Crippen molar-refractivity contribution < 1.29 is 14.6 Å². The average Bonchev–Trinajstić information content (AvgIpc) is 2.73. The van der Waals surface area contributed by atoms with Gasteiger partial charge in [0, 0.05) is 32.7 Å². The minimum absolute atomic E-state index is 0.313. The fraction of sp³-hybridized carbons (Fsp3) is 0.478. The summed E-state index contributed by atoms with van der Waals surface area (Å²) in [6.07, 6.45) is -0.498. The monoisotopic (exact) mass is 384 g/mol. The van der Waals surface area contributed by atoms with Crippen molar-refractivity contribution in [1.29, 1.82) is 0 Å². The molecule has 1 heterocycles. The first-order valence-corrected chi connectivity index (χ1v) is 10.1. The first kappa shape index (κ1) is 20.5. The number of aliphatic hydroxyl groups excluding tert-OH is 1. The maximum Gasteiger partial charge on any atom is 0.142 e. The van der Waals surface area contributed by atoms with Crippen LogP contribution in [0.15, 0.2) is 48.5 Å². The van der Waals surface area contributed by atoms with Crippen LogP contribution in [0.3, 0.4) is 0 Å². The molecule has 0 bridgehead atoms. The zero-order valence-corrected chi connectivity index (χ0v) is 17.2. The van der Waals surface area contributed by atoms with E-state index in [-0.39, 0.29) is 0 Å². The van der Waals surface area contributed by atoms with E-state index >= 15 is 0 Å². The van der Waals surface area contributed by atoms with Crippen LogP contribution in [0.1, 0.15) is 25.3 Å². The number of β-amino-alcohol motifs (C(OH)–C–C–N with tert-alkyl or cyclic N) is 1. The summed E-state index contributed by atoms with van der Waals surface area (Å²) in [7, 11) is 1.71. The van der Waals surface area contributed by atoms with Gasteiger partial charge in [0.05, 0.1) is 12.8 Å². The molecule has 2 aromatic carbocycles. The first-order valence-electron chi connectivity index (χ1n) is 10.1. The lowest BCUT2D eigenvalue weighted by molar-refractivity contribution is 0.0663. The fourth-order valence-electron chi connectivity index (χ4n) is 3.55. The number of rotatable bonds is 8. The van der Waals surface area contributed by atoms with Gasteiger partial charge in [-0.05, 0) is 35.7 Å². The lowest BCUT2D eigenvalue weighted by atomic mass is 10.0. The van der Waals surface area contributed by atoms with Crippen LogP contribution < -0.4 is 14.4 Å². The van der Waals surface area contributed by atoms with Crippen LogP contribution in [0.4, 0.5) is 5.69 Å². The first-order chi connectivity index (χ1) is 13.6. The van der Waals surface area contributed by atoms with Gasteiger partial charge in [0.2, 0.25) is 0 Å². The highest BCUT2D eigenvalue weighted by Gasteiger charge is 2.21. The number of methoxy groups -OCH3 is 1. The average molecular weight is 385 g/mol. The lowest BCUT2D eigenvalue weighted by Crippen LogP contribution is -2.49. The van der Waals surface area contributed by atoms with Gasteiger partial charge in [0.25, 0.3) is 0 Å². The molecular formula is C23H32N2O3. The molecule has 0 radical (unpaired) electrons. The summed E-state index contributed by atoms with van der Waals surface area (Å²) in [6.45, 7) is 8.96. The second kappa shape index (κ2) is 9.80. The van der Waals surface area contributed by atoms with Gasteiger partial charge in [-0.3, -0.25) is 4.90 Å². The predicted molar refractivity (Wildman–Crippen MR) is 114 cm³/mol. The Morgan fingerprint density at radius 1 is 0.964 bits per heavy atom. The second-order valence-electron chi connectivity index (χ2n) is 7.65. The van der Waals surface area contributed by atoms with Crippen molar-refractivity contribution in [2.24, 2.45) is 0 Å². The molecule has 1 saturated heterocycles. The van der Waals surface area contributed by atoms with Crippen LogP contribution >= 0.6 is 0 Å². The number of para-hydroxylation sites is 2. The van der Waals surface area contributed by atoms with Crippen molar-refractivity contribution in [3.05, 3.63) is 54.1 Å². The van der Waals surface area contributed by atoms with Gasteiger partial charge in [0.15, 0.2) is 0 Å². The topological polar surface area (TPSA) is 45.2 Å². The van der Waals surface area contributed by atoms with Crippen LogP contribution in [0.25, 0.3) is 0 Å². The standard InChI is InChI=1S/C23H32N2O3/c1-18(2)19-8-10-21(11-9-19)28-17-20(26)16-24-12-14-25(15-13-24)22-6-4-5-7-23(22)27-3/h4-11,18,20,26H,12-17H2,1-3H3/t20-/m1/s1. The number of nitrogens with zero attached hydrogens (tertiary/aromatic N) is 2. The molecular weight excluding hydrogens is 352 g/mol. The third-order valence-corrected chi connectivity index (χ3v) is 5.26. The van der Waals surface area contributed by atoms with E-state index in [9.17, 15) is 5.11 Å². The molecule has 0 aromatic heterocycles. The zero-order chi connectivity index (χ0) is 19.9. The van der Waals surface area contributed by atoms with Crippen molar-refractivity contribution in [2.45, 2.75) is 25.9 Å². The van der Waals surface area contributed by atoms with Crippen molar-refractivity contribution in [3.63, 3.8) is 0 Å². The van der Waals surface area contributed by atoms with Crippen LogP contribution in [-0.2, 0) is 0 Å². The molecule has 0 spiro atoms. The van der Waals surface area contributed by atoms with Crippen molar-refractivity contribution in [1.82, 2.24) is 4.90 Å². The van der Waals surface area contributed by atoms with Crippen molar-refractivity contribution in [3.8, 4) is 11.5 Å². The Labute approximate surface area is 168 Å². The van der Waals surface area contributed by atoms with Crippen molar-refractivity contribution in [2.75, 3.05) is 51.3 Å². The van der Waals surface area contributed by atoms with Crippen molar-refractivity contribution >= 4 is 5.69 Å². The van der Waals surface area contributed by atoms with E-state index in [1.54, 1.807) is 7.11 Å². The molecule has 28 heavy (non-hydrogen) atoms. The fourth-order valence-corrected chi connectivity index (χ4v) is 3.55. The summed E-state index contributed by atoms with van der Waals surface area (Å²) in [6, 6.07) is 16.3. The SMILES string of the molecule is COc1ccccc1N1CCN(C[C@@H](O)COc2ccc(C(C)C)cc2)CC1. The third kappa shape index (κ3) is 5.40. The normalized spacial score (nSPS) is 16.2. The molecule has 5 heteroatoms. The predicted octanol–water partition coefficient (Wildman–Crippen LogP) is 3.38. The van der Waals surface area contributed by atoms with E-state index in [2.05, 4.69) is 41.8 Å². The van der Waals surface area contributed by atoms with E-state index in [4.69, 9.17) is 9.47 Å². The molecule has 2 aromatic rings. The Morgan fingerprint density at radius 2 is 1.64 bits per heavy atom. The molecule has 1 N–H and O–H groups in total. The Morgan fingerprint density at radius 3 is 2.29 bits per heavy atom. The van der Waals surface area contributed by atoms with E-state index < -0.39 is 6.10 Å². The summed E-state index contributed by atoms with van der Waals surface area (Å²) in [4.78, 5) is 4.64. The molecule has 1 fully saturated rings. The Hall–Kier alpha value is -2.24. The van der Waals surface area contributed by atoms with Crippen LogP contribution in [0.5, 0.6) is 11.5 Å². The molecule has 152 valence electrons. The smallest absolute Gasteiger partial charge is 0.142 e. The number of hydrogen-bond donors (Lipinski definition) is 1. The van der Waals surface area contributed by atoms with E-state index in [1.807, 2.05) is 30.3 Å². The summed E-state index contributed by atoms with van der Waals surface area (Å²) in [5.74, 6) is 2.23. The van der Waals surface area contributed by atoms with E-state index in [1.165, 1.54) is 5.56 Å². The van der Waals surface area contributed by atoms with Crippen LogP contribution in [0, 0.1) is 0 Å². The molecule has 0 amide bonds. The Kier molecular flexibility index (Phi) is 7.18. The number of ether oxygens (including phenoxy) is 2. The van der Waals surface area contributed by atoms with Gasteiger partial charge < -0.3 is 19.5 Å². The number of hydrogen-bond acceptors (Lipinski definition) is 5. The lowest BCUT2D eigenvalue weighted by Gasteiger charge is -2.37. The molecule has 0 unspecified atom stereocenters. The van der Waals surface area contributed by atoms with Gasteiger partial charge >= 0.3 is 0 Å². The van der Waals surface area contributed by atoms with E-state index in [0.717, 1.165) is 43.4 Å². The quantitative estimate of drug-likeness (QED) is 0.756. The molecule has 1 aliphatic heterocycles. The summed E-state index contributed by atoms with van der Waals surface area (Å²) < 4.78 is 11.2.